The van der Waals surface area contributed by atoms with E-state index in [4.69, 9.17) is 0 Å². The number of alkyl halides is 2. The number of rotatable bonds is 5. The zero-order chi connectivity index (χ0) is 12.1. The molecule has 88 valence electrons. The maximum Gasteiger partial charge on any atom is 0.372 e. The molecule has 0 radical (unpaired) electrons. The minimum atomic E-state index is -2.73. The fourth-order valence-corrected chi connectivity index (χ4v) is 0.958. The van der Waals surface area contributed by atoms with Gasteiger partial charge in [0.05, 0.1) is 4.92 Å². The van der Waals surface area contributed by atoms with Gasteiger partial charge in [-0.2, -0.15) is 4.98 Å². The van der Waals surface area contributed by atoms with Gasteiger partial charge < -0.3 is 10.1 Å². The van der Waals surface area contributed by atoms with Gasteiger partial charge in [0, 0.05) is 7.05 Å². The van der Waals surface area contributed by atoms with Crippen molar-refractivity contribution < 1.29 is 18.4 Å². The van der Waals surface area contributed by atoms with Crippen LogP contribution in [0.3, 0.4) is 0 Å². The Hall–Kier alpha value is -2.06. The molecule has 0 aliphatic carbocycles. The van der Waals surface area contributed by atoms with Gasteiger partial charge in [-0.3, -0.25) is 10.1 Å². The predicted octanol–water partition coefficient (Wildman–Crippen LogP) is 1.07. The Morgan fingerprint density at radius 1 is 1.62 bits per heavy atom. The van der Waals surface area contributed by atoms with Gasteiger partial charge in [-0.15, -0.1) is 0 Å². The molecule has 0 aliphatic heterocycles. The quantitative estimate of drug-likeness (QED) is 0.605. The van der Waals surface area contributed by atoms with E-state index in [2.05, 4.69) is 20.0 Å². The van der Waals surface area contributed by atoms with Crippen molar-refractivity contribution in [2.45, 2.75) is 6.43 Å². The first-order chi connectivity index (χ1) is 7.56. The van der Waals surface area contributed by atoms with Crippen molar-refractivity contribution in [2.24, 2.45) is 0 Å². The molecule has 0 fully saturated rings. The molecule has 0 spiro atoms. The van der Waals surface area contributed by atoms with Crippen LogP contribution in [-0.4, -0.2) is 35.0 Å². The van der Waals surface area contributed by atoms with Crippen LogP contribution >= 0.6 is 0 Å². The average molecular weight is 234 g/mol. The van der Waals surface area contributed by atoms with Gasteiger partial charge in [-0.05, 0) is 0 Å². The second kappa shape index (κ2) is 5.14. The van der Waals surface area contributed by atoms with Crippen LogP contribution in [0.15, 0.2) is 6.33 Å². The fourth-order valence-electron chi connectivity index (χ4n) is 0.958. The van der Waals surface area contributed by atoms with Crippen molar-refractivity contribution in [3.8, 4) is 5.88 Å². The number of nitro groups is 1. The molecule has 0 atom stereocenters. The summed E-state index contributed by atoms with van der Waals surface area (Å²) in [4.78, 5) is 16.9. The molecule has 9 heteroatoms. The third-order valence-electron chi connectivity index (χ3n) is 1.55. The van der Waals surface area contributed by atoms with Crippen LogP contribution < -0.4 is 10.1 Å². The molecule has 1 aromatic heterocycles. The van der Waals surface area contributed by atoms with E-state index in [0.29, 0.717) is 0 Å². The summed E-state index contributed by atoms with van der Waals surface area (Å²) in [6.07, 6.45) is -1.74. The Kier molecular flexibility index (Phi) is 3.86. The van der Waals surface area contributed by atoms with Gasteiger partial charge in [-0.1, -0.05) is 0 Å². The predicted molar refractivity (Wildman–Crippen MR) is 49.7 cm³/mol. The minimum Gasteiger partial charge on any atom is -0.467 e. The molecule has 0 unspecified atom stereocenters. The first-order valence-corrected chi connectivity index (χ1v) is 4.14. The summed E-state index contributed by atoms with van der Waals surface area (Å²) >= 11 is 0. The number of hydrogen-bond acceptors (Lipinski definition) is 6. The van der Waals surface area contributed by atoms with E-state index >= 15 is 0 Å². The summed E-state index contributed by atoms with van der Waals surface area (Å²) in [6.45, 7) is -0.957. The van der Waals surface area contributed by atoms with Crippen molar-refractivity contribution in [1.29, 1.82) is 0 Å². The van der Waals surface area contributed by atoms with Crippen LogP contribution in [0.1, 0.15) is 0 Å². The normalized spacial score (nSPS) is 10.2. The van der Waals surface area contributed by atoms with Gasteiger partial charge in [-0.25, -0.2) is 13.8 Å². The smallest absolute Gasteiger partial charge is 0.372 e. The Balaban J connectivity index is 3.02. The largest absolute Gasteiger partial charge is 0.467 e. The van der Waals surface area contributed by atoms with E-state index in [1.165, 1.54) is 7.05 Å². The Morgan fingerprint density at radius 2 is 2.31 bits per heavy atom. The Bertz CT molecular complexity index is 388. The second-order valence-corrected chi connectivity index (χ2v) is 2.59. The average Bonchev–Trinajstić information content (AvgIpc) is 2.25. The first-order valence-electron chi connectivity index (χ1n) is 4.14. The highest BCUT2D eigenvalue weighted by Crippen LogP contribution is 2.30. The van der Waals surface area contributed by atoms with Crippen molar-refractivity contribution in [1.82, 2.24) is 9.97 Å². The number of halogens is 2. The van der Waals surface area contributed by atoms with Crippen LogP contribution in [0.5, 0.6) is 5.88 Å². The summed E-state index contributed by atoms with van der Waals surface area (Å²) in [5, 5.41) is 13.1. The second-order valence-electron chi connectivity index (χ2n) is 2.59. The SMILES string of the molecule is CNc1ncnc(OCC(F)F)c1[N+](=O)[O-]. The lowest BCUT2D eigenvalue weighted by atomic mass is 10.4. The molecular weight excluding hydrogens is 226 g/mol. The molecule has 0 aromatic carbocycles. The standard InChI is InChI=1S/C7H8F2N4O3/c1-10-6-5(13(14)15)7(12-3-11-6)16-2-4(8)9/h3-4H,2H2,1H3,(H,10,11,12). The van der Waals surface area contributed by atoms with Crippen LogP contribution in [0.25, 0.3) is 0 Å². The van der Waals surface area contributed by atoms with Crippen molar-refractivity contribution in [2.75, 3.05) is 19.0 Å². The Labute approximate surface area is 88.6 Å². The highest BCUT2D eigenvalue weighted by atomic mass is 19.3. The molecule has 16 heavy (non-hydrogen) atoms. The van der Waals surface area contributed by atoms with Gasteiger partial charge in [0.2, 0.25) is 5.82 Å². The van der Waals surface area contributed by atoms with Crippen LogP contribution in [0.4, 0.5) is 20.3 Å². The summed E-state index contributed by atoms with van der Waals surface area (Å²) < 4.78 is 28.3. The maximum atomic E-state index is 11.9. The zero-order valence-corrected chi connectivity index (χ0v) is 8.18. The van der Waals surface area contributed by atoms with E-state index in [9.17, 15) is 18.9 Å². The lowest BCUT2D eigenvalue weighted by Crippen LogP contribution is -2.11. The summed E-state index contributed by atoms with van der Waals surface area (Å²) in [5.41, 5.74) is -0.564. The van der Waals surface area contributed by atoms with Crippen LogP contribution in [0.2, 0.25) is 0 Å². The van der Waals surface area contributed by atoms with Gasteiger partial charge in [0.15, 0.2) is 6.61 Å². The molecule has 0 saturated heterocycles. The van der Waals surface area contributed by atoms with E-state index in [-0.39, 0.29) is 5.82 Å². The minimum absolute atomic E-state index is 0.0933. The maximum absolute atomic E-state index is 11.9. The number of ether oxygens (including phenoxy) is 1. The molecular formula is C7H8F2N4O3. The molecule has 1 aromatic rings. The molecule has 1 rings (SSSR count). The van der Waals surface area contributed by atoms with Crippen LogP contribution in [0, 0.1) is 10.1 Å². The van der Waals surface area contributed by atoms with Gasteiger partial charge in [0.25, 0.3) is 12.3 Å². The van der Waals surface area contributed by atoms with E-state index in [0.717, 1.165) is 6.33 Å². The van der Waals surface area contributed by atoms with Crippen molar-refractivity contribution >= 4 is 11.5 Å². The lowest BCUT2D eigenvalue weighted by molar-refractivity contribution is -0.385. The molecule has 0 amide bonds. The summed E-state index contributed by atoms with van der Waals surface area (Å²) in [5.74, 6) is -0.575. The highest BCUT2D eigenvalue weighted by Gasteiger charge is 2.24. The highest BCUT2D eigenvalue weighted by molar-refractivity contribution is 5.60. The monoisotopic (exact) mass is 234 g/mol. The van der Waals surface area contributed by atoms with E-state index in [1.807, 2.05) is 0 Å². The third-order valence-corrected chi connectivity index (χ3v) is 1.55. The zero-order valence-electron chi connectivity index (χ0n) is 8.18. The van der Waals surface area contributed by atoms with Gasteiger partial charge in [0.1, 0.15) is 6.33 Å². The fraction of sp³-hybridized carbons (Fsp3) is 0.429. The van der Waals surface area contributed by atoms with E-state index < -0.39 is 29.5 Å². The topological polar surface area (TPSA) is 90.2 Å². The number of nitrogens with zero attached hydrogens (tertiary/aromatic N) is 3. The summed E-state index contributed by atoms with van der Waals surface area (Å²) in [6, 6.07) is 0. The van der Waals surface area contributed by atoms with E-state index in [1.54, 1.807) is 0 Å². The number of nitrogens with one attached hydrogen (secondary N) is 1. The Morgan fingerprint density at radius 3 is 2.81 bits per heavy atom. The number of aromatic nitrogens is 2. The number of hydrogen-bond donors (Lipinski definition) is 1. The molecule has 1 heterocycles. The van der Waals surface area contributed by atoms with Crippen molar-refractivity contribution in [3.63, 3.8) is 0 Å². The lowest BCUT2D eigenvalue weighted by Gasteiger charge is -2.06. The first kappa shape index (κ1) is 12.0. The molecule has 7 nitrogen and oxygen atoms in total. The molecule has 0 bridgehead atoms. The summed E-state index contributed by atoms with van der Waals surface area (Å²) in [7, 11) is 1.41. The molecule has 0 saturated carbocycles. The third kappa shape index (κ3) is 2.72. The van der Waals surface area contributed by atoms with Crippen molar-refractivity contribution in [3.05, 3.63) is 16.4 Å². The molecule has 0 aliphatic rings. The molecule has 1 N–H and O–H groups in total. The van der Waals surface area contributed by atoms with Gasteiger partial charge >= 0.3 is 5.69 Å². The number of anilines is 1. The van der Waals surface area contributed by atoms with Crippen LogP contribution in [-0.2, 0) is 0 Å².